The van der Waals surface area contributed by atoms with Crippen LogP contribution in [0.25, 0.3) is 0 Å². The van der Waals surface area contributed by atoms with Crippen molar-refractivity contribution in [2.24, 2.45) is 32.2 Å². The Labute approximate surface area is 258 Å². The molecule has 0 radical (unpaired) electrons. The number of carbonyl (C=O) groups excluding carboxylic acids is 2. The summed E-state index contributed by atoms with van der Waals surface area (Å²) in [4.78, 5) is 37.4. The lowest BCUT2D eigenvalue weighted by atomic mass is 10.0. The van der Waals surface area contributed by atoms with Gasteiger partial charge in [-0.1, -0.05) is 29.8 Å². The molecule has 4 rings (SSSR count). The van der Waals surface area contributed by atoms with Gasteiger partial charge in [0.25, 0.3) is 11.9 Å². The molecule has 16 heteroatoms. The number of amidine groups is 1. The van der Waals surface area contributed by atoms with Crippen molar-refractivity contribution in [3.05, 3.63) is 65.2 Å². The number of nitrogens with two attached hydrogens (primary N) is 3. The van der Waals surface area contributed by atoms with Crippen LogP contribution in [0.5, 0.6) is 0 Å². The largest absolute Gasteiger partial charge is 0.455 e. The van der Waals surface area contributed by atoms with E-state index in [0.29, 0.717) is 12.1 Å². The van der Waals surface area contributed by atoms with Crippen molar-refractivity contribution in [2.75, 3.05) is 18.5 Å². The van der Waals surface area contributed by atoms with Gasteiger partial charge in [0, 0.05) is 23.3 Å². The van der Waals surface area contributed by atoms with Gasteiger partial charge in [-0.3, -0.25) is 25.2 Å². The summed E-state index contributed by atoms with van der Waals surface area (Å²) in [6.45, 7) is 2.35. The molecule has 0 bridgehead atoms. The van der Waals surface area contributed by atoms with E-state index in [1.807, 2.05) is 31.2 Å². The molecule has 2 amide bonds. The van der Waals surface area contributed by atoms with Gasteiger partial charge in [0.15, 0.2) is 12.6 Å². The molecule has 2 atom stereocenters. The number of aliphatic imine (C=N–C) groups is 3. The Hall–Kier alpha value is -4.86. The number of hydrogen-bond acceptors (Lipinski definition) is 9. The number of ether oxygens (including phenoxy) is 1. The first-order chi connectivity index (χ1) is 21.2. The van der Waals surface area contributed by atoms with Crippen LogP contribution in [0.2, 0.25) is 0 Å². The van der Waals surface area contributed by atoms with E-state index in [1.54, 1.807) is 19.1 Å². The van der Waals surface area contributed by atoms with E-state index in [4.69, 9.17) is 21.9 Å². The summed E-state index contributed by atoms with van der Waals surface area (Å²) in [5.74, 6) is -2.61. The number of amides is 2. The minimum Gasteiger partial charge on any atom is -0.455 e. The zero-order chi connectivity index (χ0) is 32.8. The highest BCUT2D eigenvalue weighted by Gasteiger charge is 2.49. The van der Waals surface area contributed by atoms with Gasteiger partial charge in [0.05, 0.1) is 0 Å². The molecule has 0 aromatic heterocycles. The number of primary amides is 1. The van der Waals surface area contributed by atoms with Gasteiger partial charge in [-0.2, -0.15) is 18.2 Å². The molecule has 1 aliphatic carbocycles. The van der Waals surface area contributed by atoms with Gasteiger partial charge in [0.2, 0.25) is 17.7 Å². The van der Waals surface area contributed by atoms with Crippen molar-refractivity contribution >= 4 is 35.4 Å². The third kappa shape index (κ3) is 9.56. The van der Waals surface area contributed by atoms with Crippen molar-refractivity contribution in [1.82, 2.24) is 16.0 Å². The first-order valence-corrected chi connectivity index (χ1v) is 14.2. The molecule has 2 aromatic rings. The Morgan fingerprint density at radius 2 is 1.73 bits per heavy atom. The summed E-state index contributed by atoms with van der Waals surface area (Å²) in [7, 11) is 0. The predicted molar refractivity (Wildman–Crippen MR) is 164 cm³/mol. The third-order valence-electron chi connectivity index (χ3n) is 7.08. The number of hydrogen-bond donors (Lipinski definition) is 7. The van der Waals surface area contributed by atoms with Crippen LogP contribution < -0.4 is 38.5 Å². The van der Waals surface area contributed by atoms with Crippen LogP contribution >= 0.6 is 0 Å². The lowest BCUT2D eigenvalue weighted by Crippen LogP contribution is -2.54. The van der Waals surface area contributed by atoms with Crippen molar-refractivity contribution in [1.29, 1.82) is 0 Å². The van der Waals surface area contributed by atoms with Crippen LogP contribution in [0.3, 0.4) is 0 Å². The maximum Gasteiger partial charge on any atom is 0.422 e. The highest BCUT2D eigenvalue weighted by molar-refractivity contribution is 6.05. The zero-order valence-corrected chi connectivity index (χ0v) is 24.9. The molecule has 1 unspecified atom stereocenters. The number of benzene rings is 2. The minimum absolute atomic E-state index is 0.0728. The van der Waals surface area contributed by atoms with Crippen molar-refractivity contribution in [2.45, 2.75) is 63.1 Å². The third-order valence-corrected chi connectivity index (χ3v) is 7.08. The van der Waals surface area contributed by atoms with E-state index in [1.165, 1.54) is 12.1 Å². The Balaban J connectivity index is 1.46. The van der Waals surface area contributed by atoms with Crippen LogP contribution in [0.1, 0.15) is 54.1 Å². The number of halogens is 3. The molecule has 2 aromatic carbocycles. The maximum atomic E-state index is 13.0. The van der Waals surface area contributed by atoms with Crippen molar-refractivity contribution in [3.63, 3.8) is 0 Å². The Kier molecular flexibility index (Phi) is 9.85. The van der Waals surface area contributed by atoms with Gasteiger partial charge in [-0.15, -0.1) is 0 Å². The number of guanidine groups is 2. The molecule has 242 valence electrons. The lowest BCUT2D eigenvalue weighted by molar-refractivity contribution is -0.156. The average Bonchev–Trinajstić information content (AvgIpc) is 3.73. The van der Waals surface area contributed by atoms with Crippen LogP contribution in [-0.4, -0.2) is 60.9 Å². The van der Waals surface area contributed by atoms with Gasteiger partial charge >= 0.3 is 6.18 Å². The summed E-state index contributed by atoms with van der Waals surface area (Å²) >= 11 is 0. The first kappa shape index (κ1) is 33.0. The van der Waals surface area contributed by atoms with E-state index >= 15 is 0 Å². The number of carbonyl (C=O) groups is 2. The fraction of sp³-hybridized carbons (Fsp3) is 0.414. The van der Waals surface area contributed by atoms with Crippen LogP contribution in [0, 0.1) is 6.92 Å². The molecular formula is C29H37F3N10O3. The monoisotopic (exact) mass is 630 g/mol. The van der Waals surface area contributed by atoms with Crippen LogP contribution in [0.15, 0.2) is 63.5 Å². The van der Waals surface area contributed by atoms with E-state index in [0.717, 1.165) is 24.0 Å². The second-order valence-corrected chi connectivity index (χ2v) is 11.1. The van der Waals surface area contributed by atoms with Gasteiger partial charge in [-0.25, -0.2) is 4.99 Å². The fourth-order valence-electron chi connectivity index (χ4n) is 4.74. The number of rotatable bonds is 12. The molecule has 13 nitrogen and oxygen atoms in total. The highest BCUT2D eigenvalue weighted by Crippen LogP contribution is 2.47. The standard InChI is InChI=1S/C29H37F3N10O3/c1-17-5-9-19(10-6-17)28(13-14-28)42-27(2)40-25(39-26(41-27)45-16-29(30,31)32)37-20-11-7-18(8-12-20)23(44)38-21(22(33)43)4-3-15-36-24(34)35/h5-12,21,42H,3-4,13-16H2,1-2H3,(H2,33,43)(H,38,44)(H4,34,35,36)(H2,37,39,40,41)/t21-,27?/m0/s1. The van der Waals surface area contributed by atoms with E-state index in [9.17, 15) is 22.8 Å². The summed E-state index contributed by atoms with van der Waals surface area (Å²) in [6.07, 6.45) is -2.33. The number of nitrogens with one attached hydrogen (secondary N) is 4. The SMILES string of the molecule is Cc1ccc(C2(NC3(C)N=C(Nc4ccc(C(=O)N[C@@H](CCCN=C(N)N)C(N)=O)cc4)NC(OCC(F)(F)F)=N3)CC2)cc1. The smallest absolute Gasteiger partial charge is 0.422 e. The normalized spacial score (nSPS) is 19.2. The summed E-state index contributed by atoms with van der Waals surface area (Å²) in [5.41, 5.74) is 18.4. The Bertz CT molecular complexity index is 1470. The molecule has 1 saturated carbocycles. The summed E-state index contributed by atoms with van der Waals surface area (Å²) in [5, 5.41) is 11.7. The quantitative estimate of drug-likeness (QED) is 0.104. The van der Waals surface area contributed by atoms with E-state index in [-0.39, 0.29) is 36.5 Å². The topological polar surface area (TPSA) is 207 Å². The van der Waals surface area contributed by atoms with E-state index in [2.05, 4.69) is 36.2 Å². The second kappa shape index (κ2) is 13.4. The fourth-order valence-corrected chi connectivity index (χ4v) is 4.74. The van der Waals surface area contributed by atoms with Crippen LogP contribution in [-0.2, 0) is 15.1 Å². The molecule has 10 N–H and O–H groups in total. The molecule has 1 heterocycles. The molecule has 1 fully saturated rings. The summed E-state index contributed by atoms with van der Waals surface area (Å²) < 4.78 is 43.9. The lowest BCUT2D eigenvalue weighted by Gasteiger charge is -2.33. The molecule has 0 saturated heterocycles. The van der Waals surface area contributed by atoms with Gasteiger partial charge in [-0.05, 0) is 69.4 Å². The van der Waals surface area contributed by atoms with Crippen molar-refractivity contribution in [3.8, 4) is 0 Å². The number of nitrogens with zero attached hydrogens (tertiary/aromatic N) is 3. The Morgan fingerprint density at radius 3 is 2.31 bits per heavy atom. The van der Waals surface area contributed by atoms with Gasteiger partial charge < -0.3 is 32.6 Å². The zero-order valence-electron chi connectivity index (χ0n) is 24.9. The van der Waals surface area contributed by atoms with Gasteiger partial charge in [0.1, 0.15) is 6.04 Å². The molecule has 45 heavy (non-hydrogen) atoms. The van der Waals surface area contributed by atoms with Crippen molar-refractivity contribution < 1.29 is 27.5 Å². The predicted octanol–water partition coefficient (Wildman–Crippen LogP) is 1.89. The number of alkyl halides is 3. The minimum atomic E-state index is -4.58. The first-order valence-electron chi connectivity index (χ1n) is 14.2. The number of aryl methyl sites for hydroxylation is 1. The van der Waals surface area contributed by atoms with E-state index < -0.39 is 42.0 Å². The summed E-state index contributed by atoms with van der Waals surface area (Å²) in [6, 6.07) is 12.8. The average molecular weight is 631 g/mol. The molecule has 0 spiro atoms. The molecule has 1 aliphatic heterocycles. The maximum absolute atomic E-state index is 13.0. The Morgan fingerprint density at radius 1 is 1.07 bits per heavy atom. The van der Waals surface area contributed by atoms with Crippen LogP contribution in [0.4, 0.5) is 18.9 Å². The highest BCUT2D eigenvalue weighted by atomic mass is 19.4. The second-order valence-electron chi connectivity index (χ2n) is 11.1. The number of anilines is 1. The molecule has 2 aliphatic rings. The molecular weight excluding hydrogens is 593 g/mol.